The van der Waals surface area contributed by atoms with Crippen molar-refractivity contribution < 1.29 is 33.6 Å². The maximum Gasteiger partial charge on any atom is 0.343 e. The summed E-state index contributed by atoms with van der Waals surface area (Å²) < 4.78 is 21.6. The molecule has 0 heterocycles. The Hall–Kier alpha value is -4.53. The summed E-state index contributed by atoms with van der Waals surface area (Å²) >= 11 is 0. The van der Waals surface area contributed by atoms with Gasteiger partial charge in [0.1, 0.15) is 5.75 Å². The molecule has 3 aromatic rings. The number of benzene rings is 3. The predicted octanol–water partition coefficient (Wildman–Crippen LogP) is 3.79. The first-order valence-corrected chi connectivity index (χ1v) is 10.3. The normalized spacial score (nSPS) is 10.6. The molecule has 0 aliphatic carbocycles. The molecule has 1 amide bonds. The van der Waals surface area contributed by atoms with Crippen LogP contribution < -0.4 is 24.4 Å². The standard InChI is InChI=1S/C25H24N2O7/c1-4-33-23-13-16(15-26-27-24(29)17-6-9-19(28)10-7-17)5-11-21(23)34-25(30)18-8-12-20(31-2)22(14-18)32-3/h5-15,28H,4H2,1-3H3,(H,27,29)/b26-15+. The quantitative estimate of drug-likeness (QED) is 0.214. The van der Waals surface area contributed by atoms with Gasteiger partial charge in [0, 0.05) is 5.56 Å². The van der Waals surface area contributed by atoms with Crippen molar-refractivity contribution in [2.45, 2.75) is 6.92 Å². The van der Waals surface area contributed by atoms with Crippen molar-refractivity contribution in [1.29, 1.82) is 0 Å². The first kappa shape index (κ1) is 24.1. The van der Waals surface area contributed by atoms with E-state index >= 15 is 0 Å². The summed E-state index contributed by atoms with van der Waals surface area (Å²) in [7, 11) is 2.99. The Balaban J connectivity index is 1.72. The minimum absolute atomic E-state index is 0.0652. The Morgan fingerprint density at radius 1 is 0.882 bits per heavy atom. The average Bonchev–Trinajstić information content (AvgIpc) is 2.85. The second kappa shape index (κ2) is 11.4. The molecule has 0 spiro atoms. The Kier molecular flexibility index (Phi) is 8.07. The van der Waals surface area contributed by atoms with Gasteiger partial charge >= 0.3 is 5.97 Å². The number of methoxy groups -OCH3 is 2. The lowest BCUT2D eigenvalue weighted by atomic mass is 10.2. The fourth-order valence-corrected chi connectivity index (χ4v) is 2.92. The van der Waals surface area contributed by atoms with Crippen LogP contribution in [0, 0.1) is 0 Å². The summed E-state index contributed by atoms with van der Waals surface area (Å²) in [6, 6.07) is 15.4. The third-order valence-corrected chi connectivity index (χ3v) is 4.60. The molecule has 0 unspecified atom stereocenters. The summed E-state index contributed by atoms with van der Waals surface area (Å²) in [6.07, 6.45) is 1.43. The largest absolute Gasteiger partial charge is 0.508 e. The number of nitrogens with one attached hydrogen (secondary N) is 1. The van der Waals surface area contributed by atoms with Gasteiger partial charge in [-0.15, -0.1) is 0 Å². The van der Waals surface area contributed by atoms with Crippen LogP contribution in [0.25, 0.3) is 0 Å². The van der Waals surface area contributed by atoms with E-state index in [0.29, 0.717) is 35.0 Å². The highest BCUT2D eigenvalue weighted by Crippen LogP contribution is 2.31. The molecule has 0 aliphatic heterocycles. The molecule has 0 aliphatic rings. The van der Waals surface area contributed by atoms with E-state index in [1.807, 2.05) is 0 Å². The lowest BCUT2D eigenvalue weighted by Crippen LogP contribution is -2.17. The second-order valence-electron chi connectivity index (χ2n) is 6.84. The van der Waals surface area contributed by atoms with Gasteiger partial charge in [0.2, 0.25) is 0 Å². The highest BCUT2D eigenvalue weighted by Gasteiger charge is 2.16. The predicted molar refractivity (Wildman–Crippen MR) is 125 cm³/mol. The van der Waals surface area contributed by atoms with Crippen molar-refractivity contribution in [2.24, 2.45) is 5.10 Å². The molecule has 176 valence electrons. The van der Waals surface area contributed by atoms with Gasteiger partial charge in [-0.2, -0.15) is 5.10 Å². The summed E-state index contributed by atoms with van der Waals surface area (Å²) in [5.41, 5.74) is 3.65. The molecule has 0 aromatic heterocycles. The van der Waals surface area contributed by atoms with Crippen LogP contribution in [0.5, 0.6) is 28.7 Å². The molecule has 0 atom stereocenters. The van der Waals surface area contributed by atoms with Crippen molar-refractivity contribution >= 4 is 18.1 Å². The van der Waals surface area contributed by atoms with Crippen LogP contribution >= 0.6 is 0 Å². The molecule has 0 saturated carbocycles. The molecule has 3 rings (SSSR count). The number of phenolic OH excluding ortho intramolecular Hbond substituents is 1. The topological polar surface area (TPSA) is 116 Å². The van der Waals surface area contributed by atoms with Crippen LogP contribution in [0.3, 0.4) is 0 Å². The van der Waals surface area contributed by atoms with E-state index in [-0.39, 0.29) is 17.1 Å². The number of aromatic hydroxyl groups is 1. The number of esters is 1. The van der Waals surface area contributed by atoms with Crippen LogP contribution in [0.1, 0.15) is 33.2 Å². The van der Waals surface area contributed by atoms with Gasteiger partial charge in [-0.1, -0.05) is 0 Å². The number of carbonyl (C=O) groups is 2. The number of ether oxygens (including phenoxy) is 4. The van der Waals surface area contributed by atoms with Gasteiger partial charge in [-0.05, 0) is 73.2 Å². The third-order valence-electron chi connectivity index (χ3n) is 4.60. The summed E-state index contributed by atoms with van der Waals surface area (Å²) in [5.74, 6) is 0.511. The van der Waals surface area contributed by atoms with E-state index in [1.165, 1.54) is 50.8 Å². The van der Waals surface area contributed by atoms with Crippen molar-refractivity contribution in [3.05, 3.63) is 77.4 Å². The summed E-state index contributed by atoms with van der Waals surface area (Å²) in [4.78, 5) is 24.8. The fourth-order valence-electron chi connectivity index (χ4n) is 2.92. The van der Waals surface area contributed by atoms with Crippen LogP contribution in [-0.4, -0.2) is 44.0 Å². The molecular weight excluding hydrogens is 440 g/mol. The van der Waals surface area contributed by atoms with E-state index in [4.69, 9.17) is 18.9 Å². The molecule has 0 saturated heterocycles. The van der Waals surface area contributed by atoms with Crippen LogP contribution in [0.15, 0.2) is 65.8 Å². The minimum atomic E-state index is -0.593. The Morgan fingerprint density at radius 2 is 1.56 bits per heavy atom. The molecule has 2 N–H and O–H groups in total. The van der Waals surface area contributed by atoms with Gasteiger partial charge in [-0.25, -0.2) is 10.2 Å². The lowest BCUT2D eigenvalue weighted by Gasteiger charge is -2.12. The van der Waals surface area contributed by atoms with E-state index in [9.17, 15) is 14.7 Å². The number of rotatable bonds is 9. The monoisotopic (exact) mass is 464 g/mol. The van der Waals surface area contributed by atoms with E-state index in [2.05, 4.69) is 10.5 Å². The smallest absolute Gasteiger partial charge is 0.343 e. The van der Waals surface area contributed by atoms with E-state index in [0.717, 1.165) is 0 Å². The average molecular weight is 464 g/mol. The maximum absolute atomic E-state index is 12.7. The highest BCUT2D eigenvalue weighted by atomic mass is 16.6. The van der Waals surface area contributed by atoms with Gasteiger partial charge in [0.25, 0.3) is 5.91 Å². The number of carbonyl (C=O) groups excluding carboxylic acids is 2. The van der Waals surface area contributed by atoms with Crippen LogP contribution in [0.2, 0.25) is 0 Å². The molecule has 0 radical (unpaired) electrons. The lowest BCUT2D eigenvalue weighted by molar-refractivity contribution is 0.0727. The van der Waals surface area contributed by atoms with Gasteiger partial charge < -0.3 is 24.1 Å². The molecule has 3 aromatic carbocycles. The molecular formula is C25H24N2O7. The number of phenols is 1. The van der Waals surface area contributed by atoms with Gasteiger partial charge in [-0.3, -0.25) is 4.79 Å². The number of nitrogens with zero attached hydrogens (tertiary/aromatic N) is 1. The first-order chi connectivity index (χ1) is 16.4. The summed E-state index contributed by atoms with van der Waals surface area (Å²) in [5, 5.41) is 13.2. The van der Waals surface area contributed by atoms with Gasteiger partial charge in [0.15, 0.2) is 23.0 Å². The van der Waals surface area contributed by atoms with Gasteiger partial charge in [0.05, 0.1) is 32.6 Å². The zero-order valence-corrected chi connectivity index (χ0v) is 18.9. The van der Waals surface area contributed by atoms with Crippen LogP contribution in [-0.2, 0) is 0 Å². The molecule has 0 fully saturated rings. The Morgan fingerprint density at radius 3 is 2.24 bits per heavy atom. The Labute approximate surface area is 196 Å². The minimum Gasteiger partial charge on any atom is -0.508 e. The van der Waals surface area contributed by atoms with Crippen molar-refractivity contribution in [3.63, 3.8) is 0 Å². The summed E-state index contributed by atoms with van der Waals surface area (Å²) in [6.45, 7) is 2.15. The molecule has 9 heteroatoms. The highest BCUT2D eigenvalue weighted by molar-refractivity contribution is 5.95. The maximum atomic E-state index is 12.7. The van der Waals surface area contributed by atoms with Crippen molar-refractivity contribution in [3.8, 4) is 28.7 Å². The van der Waals surface area contributed by atoms with Crippen molar-refractivity contribution in [1.82, 2.24) is 5.43 Å². The van der Waals surface area contributed by atoms with E-state index in [1.54, 1.807) is 37.3 Å². The number of hydrazone groups is 1. The fraction of sp³-hybridized carbons (Fsp3) is 0.160. The number of amides is 1. The SMILES string of the molecule is CCOc1cc(/C=N/NC(=O)c2ccc(O)cc2)ccc1OC(=O)c1ccc(OC)c(OC)c1. The van der Waals surface area contributed by atoms with Crippen LogP contribution in [0.4, 0.5) is 0 Å². The van der Waals surface area contributed by atoms with Crippen molar-refractivity contribution in [2.75, 3.05) is 20.8 Å². The molecule has 9 nitrogen and oxygen atoms in total. The number of hydrogen-bond donors (Lipinski definition) is 2. The molecule has 34 heavy (non-hydrogen) atoms. The Bertz CT molecular complexity index is 1190. The third kappa shape index (κ3) is 6.04. The molecule has 0 bridgehead atoms. The zero-order chi connectivity index (χ0) is 24.5. The zero-order valence-electron chi connectivity index (χ0n) is 18.9. The first-order valence-electron chi connectivity index (χ1n) is 10.3. The van der Waals surface area contributed by atoms with E-state index < -0.39 is 11.9 Å². The second-order valence-corrected chi connectivity index (χ2v) is 6.84. The number of hydrogen-bond acceptors (Lipinski definition) is 8.